The fourth-order valence-electron chi connectivity index (χ4n) is 8.96. The third kappa shape index (κ3) is 14.7. The predicted molar refractivity (Wildman–Crippen MR) is 275 cm³/mol. The highest BCUT2D eigenvalue weighted by Gasteiger charge is 2.46. The molecule has 2 fully saturated rings. The lowest BCUT2D eigenvalue weighted by Crippen LogP contribution is -2.59. The molecule has 0 unspecified atom stereocenters. The summed E-state index contributed by atoms with van der Waals surface area (Å²) in [5, 5.41) is 24.5. The maximum absolute atomic E-state index is 14.5. The number of likely N-dealkylation sites (tertiary alicyclic amines) is 2. The second-order valence-corrected chi connectivity index (χ2v) is 21.4. The van der Waals surface area contributed by atoms with Crippen LogP contribution in [0.1, 0.15) is 126 Å². The molecule has 17 heteroatoms. The molecule has 0 spiro atoms. The lowest BCUT2D eigenvalue weighted by Gasteiger charge is -2.36. The van der Waals surface area contributed by atoms with Crippen molar-refractivity contribution >= 4 is 41.4 Å². The quantitative estimate of drug-likeness (QED) is 0.0873. The number of nitrogens with one attached hydrogen (secondary N) is 8. The first kappa shape index (κ1) is 55.8. The average Bonchev–Trinajstić information content (AvgIpc) is 3.96. The summed E-state index contributed by atoms with van der Waals surface area (Å²) in [5.74, 6) is -2.54. The lowest BCUT2D eigenvalue weighted by molar-refractivity contribution is -0.144. The molecule has 0 bridgehead atoms. The largest absolute Gasteiger partial charge is 0.348 e. The van der Waals surface area contributed by atoms with E-state index in [0.717, 1.165) is 11.1 Å². The topological polar surface area (TPSA) is 222 Å². The Morgan fingerprint density at radius 3 is 1.39 bits per heavy atom. The van der Waals surface area contributed by atoms with Gasteiger partial charge >= 0.3 is 0 Å². The van der Waals surface area contributed by atoms with Crippen molar-refractivity contribution < 1.29 is 33.6 Å². The molecule has 386 valence electrons. The molecule has 5 rings (SSSR count). The standard InChI is InChI=1S/C54H78N10O7/c1-32(36-19-15-13-16-20-36)57-29-42-27-40(30-63(42)51(70)44(53(5,6)7)61-46(65)34(3)55-11)59-48(67)38-23-25-39(26-24-38)49(68)60-41-28-43(50(69)58-33(2)37-21-17-14-18-22-37)64(31-41)52(71)45(54(8,9)10)62-47(66)35(4)56-12/h13-26,32-35,40-45,55-57H,27-31H2,1-12H3,(H,58,69)(H,59,67)(H,60,68)(H,61,65)(H,62,66)/t32-,33-,34-,35-,40-,41-,42-,43-,44+,45+/m0/s1. The normalized spacial score (nSPS) is 20.7. The number of hydrogen-bond donors (Lipinski definition) is 8. The summed E-state index contributed by atoms with van der Waals surface area (Å²) in [6.07, 6.45) is 0.594. The highest BCUT2D eigenvalue weighted by atomic mass is 16.2. The number of carbonyl (C=O) groups is 7. The van der Waals surface area contributed by atoms with Crippen LogP contribution in [0, 0.1) is 10.8 Å². The van der Waals surface area contributed by atoms with Crippen LogP contribution in [0.4, 0.5) is 0 Å². The number of rotatable bonds is 19. The zero-order valence-electron chi connectivity index (χ0n) is 43.6. The van der Waals surface area contributed by atoms with Gasteiger partial charge in [-0.1, -0.05) is 102 Å². The molecule has 2 heterocycles. The minimum Gasteiger partial charge on any atom is -0.348 e. The van der Waals surface area contributed by atoms with Crippen molar-refractivity contribution in [3.8, 4) is 0 Å². The summed E-state index contributed by atoms with van der Waals surface area (Å²) in [5.41, 5.74) is 1.23. The van der Waals surface area contributed by atoms with Crippen molar-refractivity contribution in [2.45, 2.75) is 142 Å². The maximum atomic E-state index is 14.5. The summed E-state index contributed by atoms with van der Waals surface area (Å²) in [7, 11) is 3.34. The summed E-state index contributed by atoms with van der Waals surface area (Å²) in [4.78, 5) is 100. The van der Waals surface area contributed by atoms with Crippen LogP contribution < -0.4 is 42.5 Å². The highest BCUT2D eigenvalue weighted by molar-refractivity contribution is 5.99. The zero-order chi connectivity index (χ0) is 52.4. The van der Waals surface area contributed by atoms with E-state index in [1.807, 2.05) is 109 Å². The van der Waals surface area contributed by atoms with Gasteiger partial charge < -0.3 is 52.3 Å². The van der Waals surface area contributed by atoms with Crippen LogP contribution in [0.5, 0.6) is 0 Å². The fraction of sp³-hybridized carbons (Fsp3) is 0.537. The van der Waals surface area contributed by atoms with Crippen LogP contribution >= 0.6 is 0 Å². The van der Waals surface area contributed by atoms with Gasteiger partial charge in [-0.25, -0.2) is 0 Å². The van der Waals surface area contributed by atoms with E-state index in [2.05, 4.69) is 49.5 Å². The Balaban J connectivity index is 1.30. The number of carbonyl (C=O) groups excluding carboxylic acids is 7. The summed E-state index contributed by atoms with van der Waals surface area (Å²) in [6.45, 7) is 19.3. The number of benzene rings is 3. The van der Waals surface area contributed by atoms with Crippen LogP contribution in [0.25, 0.3) is 0 Å². The van der Waals surface area contributed by atoms with E-state index < -0.39 is 64.9 Å². The van der Waals surface area contributed by atoms with Crippen molar-refractivity contribution in [1.29, 1.82) is 0 Å². The summed E-state index contributed by atoms with van der Waals surface area (Å²) >= 11 is 0. The molecule has 17 nitrogen and oxygen atoms in total. The molecule has 0 aromatic heterocycles. The van der Waals surface area contributed by atoms with E-state index in [4.69, 9.17) is 0 Å². The molecule has 0 aliphatic carbocycles. The minimum atomic E-state index is -0.972. The Bertz CT molecular complexity index is 2320. The maximum Gasteiger partial charge on any atom is 0.251 e. The molecule has 3 aromatic carbocycles. The molecule has 3 aromatic rings. The van der Waals surface area contributed by atoms with Gasteiger partial charge in [-0.3, -0.25) is 33.6 Å². The average molecular weight is 979 g/mol. The number of amides is 7. The first-order valence-electron chi connectivity index (χ1n) is 24.8. The first-order chi connectivity index (χ1) is 33.4. The third-order valence-corrected chi connectivity index (χ3v) is 13.7. The molecular weight excluding hydrogens is 901 g/mol. The van der Waals surface area contributed by atoms with Gasteiger partial charge in [0.15, 0.2) is 0 Å². The number of likely N-dealkylation sites (N-methyl/N-ethyl adjacent to an activating group) is 2. The van der Waals surface area contributed by atoms with Crippen molar-refractivity contribution in [2.24, 2.45) is 10.8 Å². The molecule has 7 amide bonds. The first-order valence-corrected chi connectivity index (χ1v) is 24.8. The fourth-order valence-corrected chi connectivity index (χ4v) is 8.96. The van der Waals surface area contributed by atoms with Gasteiger partial charge in [0.25, 0.3) is 11.8 Å². The molecule has 0 saturated carbocycles. The molecule has 8 N–H and O–H groups in total. The van der Waals surface area contributed by atoms with Crippen LogP contribution in [-0.2, 0) is 24.0 Å². The van der Waals surface area contributed by atoms with Gasteiger partial charge in [0.2, 0.25) is 29.5 Å². The van der Waals surface area contributed by atoms with Gasteiger partial charge in [0.1, 0.15) is 18.1 Å². The van der Waals surface area contributed by atoms with E-state index in [1.165, 1.54) is 4.90 Å². The molecule has 71 heavy (non-hydrogen) atoms. The van der Waals surface area contributed by atoms with Gasteiger partial charge in [0, 0.05) is 54.9 Å². The van der Waals surface area contributed by atoms with Crippen LogP contribution in [0.2, 0.25) is 0 Å². The smallest absolute Gasteiger partial charge is 0.251 e. The number of nitrogens with zero attached hydrogens (tertiary/aromatic N) is 2. The zero-order valence-corrected chi connectivity index (χ0v) is 43.6. The second-order valence-electron chi connectivity index (χ2n) is 21.4. The van der Waals surface area contributed by atoms with E-state index >= 15 is 0 Å². The van der Waals surface area contributed by atoms with Gasteiger partial charge in [0.05, 0.1) is 18.1 Å². The van der Waals surface area contributed by atoms with Gasteiger partial charge in [-0.2, -0.15) is 0 Å². The Labute approximate surface area is 420 Å². The van der Waals surface area contributed by atoms with Crippen LogP contribution in [0.3, 0.4) is 0 Å². The molecule has 2 aliphatic heterocycles. The predicted octanol–water partition coefficient (Wildman–Crippen LogP) is 3.59. The molecule has 2 saturated heterocycles. The lowest BCUT2D eigenvalue weighted by atomic mass is 9.85. The van der Waals surface area contributed by atoms with E-state index in [1.54, 1.807) is 57.1 Å². The van der Waals surface area contributed by atoms with Crippen molar-refractivity contribution in [2.75, 3.05) is 33.7 Å². The van der Waals surface area contributed by atoms with Crippen LogP contribution in [-0.4, -0.2) is 133 Å². The van der Waals surface area contributed by atoms with Crippen molar-refractivity contribution in [1.82, 2.24) is 52.3 Å². The summed E-state index contributed by atoms with van der Waals surface area (Å²) < 4.78 is 0. The van der Waals surface area contributed by atoms with E-state index in [0.29, 0.717) is 18.5 Å². The Kier molecular flexibility index (Phi) is 19.1. The molecular formula is C54H78N10O7. The number of hydrogen-bond acceptors (Lipinski definition) is 10. The SMILES string of the molecule is CN[C@@H](C)C(=O)N[C@H](C(=O)N1C[C@@H](NC(=O)c2ccc(C(=O)N[C@H]3C[C@@H](C(=O)N[C@@H](C)c4ccccc4)N(C(=O)[C@@H](NC(=O)[C@H](C)NC)C(C)(C)C)C3)cc2)C[C@H]1CN[C@@H](C)c1ccccc1)C(C)(C)C. The van der Waals surface area contributed by atoms with Crippen LogP contribution in [0.15, 0.2) is 84.9 Å². The van der Waals surface area contributed by atoms with E-state index in [-0.39, 0.29) is 72.7 Å². The Morgan fingerprint density at radius 2 is 0.958 bits per heavy atom. The monoisotopic (exact) mass is 979 g/mol. The minimum absolute atomic E-state index is 0.00997. The Hall–Kier alpha value is -6.17. The van der Waals surface area contributed by atoms with E-state index in [9.17, 15) is 33.6 Å². The molecule has 10 atom stereocenters. The van der Waals surface area contributed by atoms with Crippen molar-refractivity contribution in [3.05, 3.63) is 107 Å². The Morgan fingerprint density at radius 1 is 0.549 bits per heavy atom. The van der Waals surface area contributed by atoms with Crippen molar-refractivity contribution in [3.63, 3.8) is 0 Å². The summed E-state index contributed by atoms with van der Waals surface area (Å²) in [6, 6.07) is 20.1. The third-order valence-electron chi connectivity index (χ3n) is 13.7. The molecule has 2 aliphatic rings. The van der Waals surface area contributed by atoms with Gasteiger partial charge in [-0.15, -0.1) is 0 Å². The molecule has 0 radical (unpaired) electrons. The highest BCUT2D eigenvalue weighted by Crippen LogP contribution is 2.29. The second kappa shape index (κ2) is 24.3. The van der Waals surface area contributed by atoms with Gasteiger partial charge in [-0.05, 0) is 101 Å².